The van der Waals surface area contributed by atoms with E-state index in [4.69, 9.17) is 0 Å². The smallest absolute Gasteiger partial charge is 0.225 e. The van der Waals surface area contributed by atoms with E-state index >= 15 is 0 Å². The largest absolute Gasteiger partial charge is 0.350 e. The molecule has 86 valence electrons. The summed E-state index contributed by atoms with van der Waals surface area (Å²) in [5.74, 6) is 0.366. The van der Waals surface area contributed by atoms with Crippen LogP contribution in [0.2, 0.25) is 0 Å². The Morgan fingerprint density at radius 3 is 3.19 bits per heavy atom. The predicted molar refractivity (Wildman–Crippen MR) is 62.0 cm³/mol. The molecule has 3 atom stereocenters. The molecule has 3 heterocycles. The van der Waals surface area contributed by atoms with Gasteiger partial charge < -0.3 is 10.6 Å². The molecule has 2 bridgehead atoms. The molecule has 16 heavy (non-hydrogen) atoms. The third-order valence-electron chi connectivity index (χ3n) is 3.56. The van der Waals surface area contributed by atoms with Crippen LogP contribution in [-0.4, -0.2) is 23.0 Å². The van der Waals surface area contributed by atoms with Gasteiger partial charge in [-0.3, -0.25) is 4.79 Å². The SMILES string of the molecule is O=C(NCc1cscn1)C1CC2CCC1N2. The molecule has 2 saturated heterocycles. The first kappa shape index (κ1) is 10.2. The Kier molecular flexibility index (Phi) is 2.65. The van der Waals surface area contributed by atoms with Gasteiger partial charge in [0.15, 0.2) is 0 Å². The number of thiazole rings is 1. The summed E-state index contributed by atoms with van der Waals surface area (Å²) in [7, 11) is 0. The molecule has 3 rings (SSSR count). The Labute approximate surface area is 98.5 Å². The quantitative estimate of drug-likeness (QED) is 0.821. The molecule has 0 aliphatic carbocycles. The fourth-order valence-electron chi connectivity index (χ4n) is 2.75. The second-order valence-corrected chi connectivity index (χ2v) is 5.31. The first-order valence-electron chi connectivity index (χ1n) is 5.74. The van der Waals surface area contributed by atoms with E-state index in [-0.39, 0.29) is 11.8 Å². The molecule has 1 aromatic rings. The highest BCUT2D eigenvalue weighted by molar-refractivity contribution is 7.07. The molecule has 2 fully saturated rings. The average Bonchev–Trinajstić information content (AvgIpc) is 3.01. The average molecular weight is 237 g/mol. The zero-order valence-corrected chi connectivity index (χ0v) is 9.80. The summed E-state index contributed by atoms with van der Waals surface area (Å²) in [5, 5.41) is 8.43. The Morgan fingerprint density at radius 2 is 2.56 bits per heavy atom. The maximum Gasteiger partial charge on any atom is 0.225 e. The molecule has 2 aliphatic heterocycles. The van der Waals surface area contributed by atoms with E-state index < -0.39 is 0 Å². The van der Waals surface area contributed by atoms with Gasteiger partial charge in [-0.1, -0.05) is 0 Å². The van der Waals surface area contributed by atoms with Crippen molar-refractivity contribution in [2.75, 3.05) is 0 Å². The first-order valence-corrected chi connectivity index (χ1v) is 6.68. The minimum Gasteiger partial charge on any atom is -0.350 e. The summed E-state index contributed by atoms with van der Waals surface area (Å²) in [5.41, 5.74) is 2.75. The number of hydrogen-bond donors (Lipinski definition) is 2. The van der Waals surface area contributed by atoms with Gasteiger partial charge >= 0.3 is 0 Å². The second kappa shape index (κ2) is 4.14. The van der Waals surface area contributed by atoms with Crippen LogP contribution in [0.1, 0.15) is 25.0 Å². The van der Waals surface area contributed by atoms with Crippen LogP contribution >= 0.6 is 11.3 Å². The number of aromatic nitrogens is 1. The van der Waals surface area contributed by atoms with Gasteiger partial charge in [0.25, 0.3) is 0 Å². The van der Waals surface area contributed by atoms with Crippen LogP contribution < -0.4 is 10.6 Å². The van der Waals surface area contributed by atoms with Crippen LogP contribution in [0.15, 0.2) is 10.9 Å². The van der Waals surface area contributed by atoms with Crippen LogP contribution in [0.25, 0.3) is 0 Å². The van der Waals surface area contributed by atoms with Crippen molar-refractivity contribution in [2.24, 2.45) is 5.92 Å². The minimum absolute atomic E-state index is 0.178. The second-order valence-electron chi connectivity index (χ2n) is 4.59. The van der Waals surface area contributed by atoms with Gasteiger partial charge in [0.05, 0.1) is 23.7 Å². The molecule has 3 unspecified atom stereocenters. The van der Waals surface area contributed by atoms with Crippen LogP contribution in [0.5, 0.6) is 0 Å². The maximum absolute atomic E-state index is 12.0. The fraction of sp³-hybridized carbons (Fsp3) is 0.636. The number of carbonyl (C=O) groups is 1. The van der Waals surface area contributed by atoms with Gasteiger partial charge in [-0.15, -0.1) is 11.3 Å². The number of nitrogens with zero attached hydrogens (tertiary/aromatic N) is 1. The van der Waals surface area contributed by atoms with Crippen molar-refractivity contribution in [1.29, 1.82) is 0 Å². The lowest BCUT2D eigenvalue weighted by atomic mass is 9.88. The van der Waals surface area contributed by atoms with Gasteiger partial charge in [0.1, 0.15) is 0 Å². The van der Waals surface area contributed by atoms with Crippen LogP contribution in [0.4, 0.5) is 0 Å². The lowest BCUT2D eigenvalue weighted by molar-refractivity contribution is -0.125. The number of rotatable bonds is 3. The van der Waals surface area contributed by atoms with Crippen LogP contribution in [0.3, 0.4) is 0 Å². The summed E-state index contributed by atoms with van der Waals surface area (Å²) < 4.78 is 0. The van der Waals surface area contributed by atoms with E-state index in [9.17, 15) is 4.79 Å². The van der Waals surface area contributed by atoms with E-state index in [2.05, 4.69) is 15.6 Å². The monoisotopic (exact) mass is 237 g/mol. The highest BCUT2D eigenvalue weighted by atomic mass is 32.1. The fourth-order valence-corrected chi connectivity index (χ4v) is 3.31. The Balaban J connectivity index is 1.54. The normalized spacial score (nSPS) is 31.9. The van der Waals surface area contributed by atoms with Gasteiger partial charge in [-0.25, -0.2) is 4.98 Å². The number of fused-ring (bicyclic) bond motifs is 2. The molecule has 4 nitrogen and oxygen atoms in total. The van der Waals surface area contributed by atoms with Gasteiger partial charge in [0.2, 0.25) is 5.91 Å². The minimum atomic E-state index is 0.178. The van der Waals surface area contributed by atoms with E-state index in [1.54, 1.807) is 16.8 Å². The molecule has 0 radical (unpaired) electrons. The lowest BCUT2D eigenvalue weighted by Crippen LogP contribution is -2.37. The standard InChI is InChI=1S/C11H15N3OS/c15-11(12-4-8-5-16-6-13-8)9-3-7-1-2-10(9)14-7/h5-7,9-10,14H,1-4H2,(H,12,15). The van der Waals surface area contributed by atoms with Crippen molar-refractivity contribution in [3.05, 3.63) is 16.6 Å². The Hall–Kier alpha value is -0.940. The van der Waals surface area contributed by atoms with Crippen LogP contribution in [-0.2, 0) is 11.3 Å². The van der Waals surface area contributed by atoms with E-state index in [0.717, 1.165) is 18.5 Å². The molecule has 2 N–H and O–H groups in total. The predicted octanol–water partition coefficient (Wildman–Crippen LogP) is 0.900. The zero-order valence-electron chi connectivity index (χ0n) is 8.98. The number of nitrogens with one attached hydrogen (secondary N) is 2. The van der Waals surface area contributed by atoms with Gasteiger partial charge in [0, 0.05) is 17.5 Å². The van der Waals surface area contributed by atoms with E-state index in [1.165, 1.54) is 6.42 Å². The first-order chi connectivity index (χ1) is 7.83. The summed E-state index contributed by atoms with van der Waals surface area (Å²) >= 11 is 1.56. The third kappa shape index (κ3) is 1.85. The van der Waals surface area contributed by atoms with E-state index in [1.807, 2.05) is 5.38 Å². The molecule has 1 amide bonds. The van der Waals surface area contributed by atoms with Crippen molar-refractivity contribution < 1.29 is 4.79 Å². The van der Waals surface area contributed by atoms with Crippen molar-refractivity contribution in [2.45, 2.75) is 37.9 Å². The van der Waals surface area contributed by atoms with Gasteiger partial charge in [-0.2, -0.15) is 0 Å². The van der Waals surface area contributed by atoms with Crippen molar-refractivity contribution in [1.82, 2.24) is 15.6 Å². The summed E-state index contributed by atoms with van der Waals surface area (Å²) in [4.78, 5) is 16.1. The zero-order chi connectivity index (χ0) is 11.0. The van der Waals surface area contributed by atoms with Crippen LogP contribution in [0, 0.1) is 5.92 Å². The highest BCUT2D eigenvalue weighted by Gasteiger charge is 2.42. The molecule has 1 aromatic heterocycles. The summed E-state index contributed by atoms with van der Waals surface area (Å²) in [6.45, 7) is 0.566. The number of carbonyl (C=O) groups excluding carboxylic acids is 1. The molecular formula is C11H15N3OS. The number of hydrogen-bond acceptors (Lipinski definition) is 4. The van der Waals surface area contributed by atoms with Crippen molar-refractivity contribution >= 4 is 17.2 Å². The molecule has 0 spiro atoms. The number of amides is 1. The third-order valence-corrected chi connectivity index (χ3v) is 4.20. The van der Waals surface area contributed by atoms with Gasteiger partial charge in [-0.05, 0) is 19.3 Å². The Bertz CT molecular complexity index is 379. The topological polar surface area (TPSA) is 54.0 Å². The summed E-state index contributed by atoms with van der Waals surface area (Å²) in [6.07, 6.45) is 3.40. The highest BCUT2D eigenvalue weighted by Crippen LogP contribution is 2.33. The lowest BCUT2D eigenvalue weighted by Gasteiger charge is -2.18. The molecule has 0 aromatic carbocycles. The van der Waals surface area contributed by atoms with E-state index in [0.29, 0.717) is 18.6 Å². The molecule has 5 heteroatoms. The maximum atomic E-state index is 12.0. The van der Waals surface area contributed by atoms with Crippen molar-refractivity contribution in [3.8, 4) is 0 Å². The van der Waals surface area contributed by atoms with Crippen molar-refractivity contribution in [3.63, 3.8) is 0 Å². The molecule has 0 saturated carbocycles. The molecular weight excluding hydrogens is 222 g/mol. The molecule has 2 aliphatic rings. The Morgan fingerprint density at radius 1 is 1.62 bits per heavy atom. The summed E-state index contributed by atoms with van der Waals surface area (Å²) in [6, 6.07) is 1.00.